The Balaban J connectivity index is 2.10. The minimum absolute atomic E-state index is 0.535. The summed E-state index contributed by atoms with van der Waals surface area (Å²) in [5, 5.41) is 7.15. The largest absolute Gasteiger partial charge is 0.351 e. The number of para-hydroxylation sites is 1. The molecule has 0 bridgehead atoms. The second-order valence-electron chi connectivity index (χ2n) is 4.52. The molecule has 1 aromatic heterocycles. The fourth-order valence-electron chi connectivity index (χ4n) is 2.11. The van der Waals surface area contributed by atoms with E-state index in [2.05, 4.69) is 10.4 Å². The first-order chi connectivity index (χ1) is 10.2. The van der Waals surface area contributed by atoms with Crippen molar-refractivity contribution in [1.29, 1.82) is 0 Å². The first-order valence-corrected chi connectivity index (χ1v) is 6.51. The van der Waals surface area contributed by atoms with Crippen LogP contribution in [-0.4, -0.2) is 15.8 Å². The third-order valence-corrected chi connectivity index (χ3v) is 3.03. The second kappa shape index (κ2) is 5.50. The van der Waals surface area contributed by atoms with Crippen LogP contribution < -0.4 is 11.1 Å². The summed E-state index contributed by atoms with van der Waals surface area (Å²) in [7, 11) is 0. The predicted molar refractivity (Wildman–Crippen MR) is 82.2 cm³/mol. The predicted octanol–water partition coefficient (Wildman–Crippen LogP) is 3.03. The summed E-state index contributed by atoms with van der Waals surface area (Å²) in [6.45, 7) is 0. The van der Waals surface area contributed by atoms with Crippen LogP contribution in [0.15, 0.2) is 66.7 Å². The number of benzene rings is 2. The second-order valence-corrected chi connectivity index (χ2v) is 4.52. The van der Waals surface area contributed by atoms with Crippen molar-refractivity contribution in [3.8, 4) is 16.9 Å². The van der Waals surface area contributed by atoms with E-state index in [1.165, 1.54) is 0 Å². The van der Waals surface area contributed by atoms with Gasteiger partial charge in [-0.05, 0) is 12.1 Å². The molecule has 0 radical (unpaired) electrons. The lowest BCUT2D eigenvalue weighted by atomic mass is 10.2. The van der Waals surface area contributed by atoms with Crippen molar-refractivity contribution in [3.63, 3.8) is 0 Å². The number of aromatic nitrogens is 2. The summed E-state index contributed by atoms with van der Waals surface area (Å²) in [6.07, 6.45) is 0. The molecule has 0 fully saturated rings. The molecule has 0 saturated carbocycles. The molecule has 0 unspecified atom stereocenters. The van der Waals surface area contributed by atoms with Crippen LogP contribution in [0.2, 0.25) is 0 Å². The van der Waals surface area contributed by atoms with Crippen LogP contribution in [0, 0.1) is 0 Å². The lowest BCUT2D eigenvalue weighted by Gasteiger charge is -2.06. The van der Waals surface area contributed by atoms with Crippen molar-refractivity contribution in [2.45, 2.75) is 0 Å². The zero-order valence-corrected chi connectivity index (χ0v) is 11.2. The van der Waals surface area contributed by atoms with Gasteiger partial charge in [0.25, 0.3) is 0 Å². The molecule has 2 amide bonds. The first kappa shape index (κ1) is 12.9. The van der Waals surface area contributed by atoms with Gasteiger partial charge in [-0.1, -0.05) is 48.5 Å². The van der Waals surface area contributed by atoms with E-state index in [9.17, 15) is 4.79 Å². The minimum Gasteiger partial charge on any atom is -0.351 e. The number of amides is 2. The van der Waals surface area contributed by atoms with Gasteiger partial charge in [-0.25, -0.2) is 9.48 Å². The van der Waals surface area contributed by atoms with Crippen LogP contribution in [0.25, 0.3) is 16.9 Å². The Labute approximate surface area is 122 Å². The van der Waals surface area contributed by atoms with Gasteiger partial charge in [-0.2, -0.15) is 5.10 Å². The number of carbonyl (C=O) groups is 1. The van der Waals surface area contributed by atoms with Crippen molar-refractivity contribution in [3.05, 3.63) is 66.7 Å². The van der Waals surface area contributed by atoms with E-state index >= 15 is 0 Å². The molecule has 104 valence electrons. The third-order valence-electron chi connectivity index (χ3n) is 3.03. The summed E-state index contributed by atoms with van der Waals surface area (Å²) < 4.78 is 1.66. The summed E-state index contributed by atoms with van der Waals surface area (Å²) in [5.74, 6) is 0.535. The molecule has 0 saturated heterocycles. The van der Waals surface area contributed by atoms with Crippen molar-refractivity contribution in [2.75, 3.05) is 5.32 Å². The first-order valence-electron chi connectivity index (χ1n) is 6.51. The monoisotopic (exact) mass is 278 g/mol. The Morgan fingerprint density at radius 2 is 1.62 bits per heavy atom. The zero-order chi connectivity index (χ0) is 14.7. The maximum Gasteiger partial charge on any atom is 0.317 e. The van der Waals surface area contributed by atoms with Crippen LogP contribution in [0.5, 0.6) is 0 Å². The van der Waals surface area contributed by atoms with Gasteiger partial charge >= 0.3 is 6.03 Å². The lowest BCUT2D eigenvalue weighted by Crippen LogP contribution is -2.21. The number of rotatable bonds is 3. The highest BCUT2D eigenvalue weighted by Gasteiger charge is 2.12. The quantitative estimate of drug-likeness (QED) is 0.773. The zero-order valence-electron chi connectivity index (χ0n) is 11.2. The van der Waals surface area contributed by atoms with E-state index < -0.39 is 6.03 Å². The Kier molecular flexibility index (Phi) is 3.39. The highest BCUT2D eigenvalue weighted by atomic mass is 16.2. The highest BCUT2D eigenvalue weighted by Crippen LogP contribution is 2.24. The lowest BCUT2D eigenvalue weighted by molar-refractivity contribution is 0.259. The molecule has 0 atom stereocenters. The maximum absolute atomic E-state index is 11.2. The highest BCUT2D eigenvalue weighted by molar-refractivity contribution is 5.88. The van der Waals surface area contributed by atoms with E-state index in [-0.39, 0.29) is 0 Å². The number of hydrogen-bond donors (Lipinski definition) is 2. The summed E-state index contributed by atoms with van der Waals surface area (Å²) in [4.78, 5) is 11.2. The van der Waals surface area contributed by atoms with E-state index in [1.807, 2.05) is 60.7 Å². The van der Waals surface area contributed by atoms with Gasteiger partial charge in [0.1, 0.15) is 5.82 Å². The van der Waals surface area contributed by atoms with E-state index in [4.69, 9.17) is 5.73 Å². The number of carbonyl (C=O) groups excluding carboxylic acids is 1. The van der Waals surface area contributed by atoms with E-state index in [0.29, 0.717) is 5.82 Å². The third kappa shape index (κ3) is 2.76. The Morgan fingerprint density at radius 1 is 1.00 bits per heavy atom. The maximum atomic E-state index is 11.2. The van der Waals surface area contributed by atoms with Gasteiger partial charge in [0.2, 0.25) is 0 Å². The van der Waals surface area contributed by atoms with Gasteiger partial charge in [0, 0.05) is 11.6 Å². The number of nitrogens with zero attached hydrogens (tertiary/aromatic N) is 2. The van der Waals surface area contributed by atoms with Crippen LogP contribution in [0.3, 0.4) is 0 Å². The Bertz CT molecular complexity index is 750. The average Bonchev–Trinajstić information content (AvgIpc) is 2.92. The molecule has 0 aliphatic carbocycles. The summed E-state index contributed by atoms with van der Waals surface area (Å²) >= 11 is 0. The smallest absolute Gasteiger partial charge is 0.317 e. The molecule has 3 N–H and O–H groups in total. The van der Waals surface area contributed by atoms with Crippen molar-refractivity contribution in [1.82, 2.24) is 9.78 Å². The van der Waals surface area contributed by atoms with Crippen molar-refractivity contribution >= 4 is 11.8 Å². The van der Waals surface area contributed by atoms with Gasteiger partial charge in [0.15, 0.2) is 0 Å². The minimum atomic E-state index is -0.619. The van der Waals surface area contributed by atoms with Crippen LogP contribution in [0.1, 0.15) is 0 Å². The van der Waals surface area contributed by atoms with Crippen LogP contribution in [-0.2, 0) is 0 Å². The van der Waals surface area contributed by atoms with E-state index in [0.717, 1.165) is 16.9 Å². The van der Waals surface area contributed by atoms with Gasteiger partial charge in [-0.15, -0.1) is 0 Å². The molecule has 1 heterocycles. The molecule has 2 aromatic carbocycles. The fourth-order valence-corrected chi connectivity index (χ4v) is 2.11. The Morgan fingerprint density at radius 3 is 2.24 bits per heavy atom. The number of primary amides is 1. The number of nitrogens with two attached hydrogens (primary N) is 1. The number of nitrogens with one attached hydrogen (secondary N) is 1. The number of hydrogen-bond acceptors (Lipinski definition) is 2. The molecular weight excluding hydrogens is 264 g/mol. The summed E-state index contributed by atoms with van der Waals surface area (Å²) in [6, 6.07) is 20.5. The van der Waals surface area contributed by atoms with Gasteiger partial charge < -0.3 is 5.73 Å². The normalized spacial score (nSPS) is 10.3. The van der Waals surface area contributed by atoms with E-state index in [1.54, 1.807) is 10.7 Å². The molecule has 0 spiro atoms. The van der Waals surface area contributed by atoms with Gasteiger partial charge in [-0.3, -0.25) is 5.32 Å². The van der Waals surface area contributed by atoms with Crippen LogP contribution in [0.4, 0.5) is 10.6 Å². The molecule has 0 aliphatic heterocycles. The topological polar surface area (TPSA) is 72.9 Å². The number of urea groups is 1. The molecule has 3 aromatic rings. The Hall–Kier alpha value is -3.08. The molecule has 5 nitrogen and oxygen atoms in total. The van der Waals surface area contributed by atoms with Crippen molar-refractivity contribution in [2.24, 2.45) is 5.73 Å². The van der Waals surface area contributed by atoms with Crippen molar-refractivity contribution < 1.29 is 4.79 Å². The number of anilines is 1. The average molecular weight is 278 g/mol. The van der Waals surface area contributed by atoms with Crippen LogP contribution >= 0.6 is 0 Å². The summed E-state index contributed by atoms with van der Waals surface area (Å²) in [5.41, 5.74) is 7.82. The van der Waals surface area contributed by atoms with Gasteiger partial charge in [0.05, 0.1) is 11.4 Å². The molecule has 5 heteroatoms. The SMILES string of the molecule is NC(=O)Nc1cc(-c2ccccc2)nn1-c1ccccc1. The molecule has 21 heavy (non-hydrogen) atoms. The molecule has 0 aliphatic rings. The standard InChI is InChI=1S/C16H14N4O/c17-16(21)18-15-11-14(12-7-3-1-4-8-12)19-20(15)13-9-5-2-6-10-13/h1-11H,(H3,17,18,21). The fraction of sp³-hybridized carbons (Fsp3) is 0. The molecule has 3 rings (SSSR count). The molecular formula is C16H14N4O.